The number of likely N-dealkylation sites (tertiary alicyclic amines) is 1. The van der Waals surface area contributed by atoms with Gasteiger partial charge in [0.05, 0.1) is 4.88 Å². The van der Waals surface area contributed by atoms with Gasteiger partial charge in [-0.2, -0.15) is 0 Å². The van der Waals surface area contributed by atoms with Crippen LogP contribution in [-0.2, 0) is 4.79 Å². The zero-order valence-corrected chi connectivity index (χ0v) is 19.2. The number of nitrogens with one attached hydrogen (secondary N) is 2. The summed E-state index contributed by atoms with van der Waals surface area (Å²) in [6.45, 7) is 7.09. The number of piperidine rings is 1. The number of hydrogen-bond acceptors (Lipinski definition) is 4. The number of hydrogen-bond donors (Lipinski definition) is 2. The summed E-state index contributed by atoms with van der Waals surface area (Å²) in [5.74, 6) is -0.386. The minimum atomic E-state index is -0.623. The van der Waals surface area contributed by atoms with E-state index in [1.807, 2.05) is 55.3 Å². The molecule has 6 nitrogen and oxygen atoms in total. The predicted molar refractivity (Wildman–Crippen MR) is 123 cm³/mol. The number of carbonyl (C=O) groups is 3. The third-order valence-corrected chi connectivity index (χ3v) is 6.77. The molecule has 31 heavy (non-hydrogen) atoms. The van der Waals surface area contributed by atoms with E-state index >= 15 is 0 Å². The Labute approximate surface area is 188 Å². The van der Waals surface area contributed by atoms with Crippen molar-refractivity contribution >= 4 is 29.1 Å². The first-order valence-electron chi connectivity index (χ1n) is 10.9. The predicted octanol–water partition coefficient (Wildman–Crippen LogP) is 3.62. The van der Waals surface area contributed by atoms with E-state index in [9.17, 15) is 14.4 Å². The van der Waals surface area contributed by atoms with Gasteiger partial charge in [0.25, 0.3) is 11.8 Å². The van der Waals surface area contributed by atoms with Crippen molar-refractivity contribution < 1.29 is 14.4 Å². The lowest BCUT2D eigenvalue weighted by Gasteiger charge is -2.36. The van der Waals surface area contributed by atoms with Crippen LogP contribution in [0.4, 0.5) is 0 Å². The summed E-state index contributed by atoms with van der Waals surface area (Å²) in [6, 6.07) is 10.4. The Morgan fingerprint density at radius 1 is 1.10 bits per heavy atom. The Morgan fingerprint density at radius 2 is 1.77 bits per heavy atom. The molecule has 2 N–H and O–H groups in total. The topological polar surface area (TPSA) is 78.5 Å². The van der Waals surface area contributed by atoms with E-state index < -0.39 is 6.04 Å². The minimum absolute atomic E-state index is 0.0224. The lowest BCUT2D eigenvalue weighted by molar-refractivity contribution is -0.125. The second-order valence-electron chi connectivity index (χ2n) is 8.24. The highest BCUT2D eigenvalue weighted by molar-refractivity contribution is 7.12. The highest BCUT2D eigenvalue weighted by Crippen LogP contribution is 2.24. The van der Waals surface area contributed by atoms with E-state index in [0.717, 1.165) is 16.9 Å². The molecule has 166 valence electrons. The van der Waals surface area contributed by atoms with Crippen LogP contribution in [0.2, 0.25) is 0 Å². The van der Waals surface area contributed by atoms with Crippen LogP contribution >= 0.6 is 11.3 Å². The molecule has 2 heterocycles. The molecule has 1 aromatic heterocycles. The molecule has 0 saturated carbocycles. The van der Waals surface area contributed by atoms with Gasteiger partial charge < -0.3 is 15.5 Å². The maximum atomic E-state index is 13.0. The number of thiophene rings is 1. The second kappa shape index (κ2) is 10.6. The SMILES string of the molecule is CC[C@@H](C)NC(=O)[C@@H](NC(=O)c1ccc(C)cc1)C1CCN(C(=O)c2cccs2)CC1. The maximum Gasteiger partial charge on any atom is 0.263 e. The first-order valence-corrected chi connectivity index (χ1v) is 11.8. The fraction of sp³-hybridized carbons (Fsp3) is 0.458. The largest absolute Gasteiger partial charge is 0.352 e. The van der Waals surface area contributed by atoms with Crippen molar-refractivity contribution in [3.05, 3.63) is 57.8 Å². The molecule has 3 amide bonds. The van der Waals surface area contributed by atoms with E-state index in [0.29, 0.717) is 31.5 Å². The number of rotatable bonds is 7. The summed E-state index contributed by atoms with van der Waals surface area (Å²) in [4.78, 5) is 41.1. The van der Waals surface area contributed by atoms with Gasteiger partial charge in [-0.15, -0.1) is 11.3 Å². The third kappa shape index (κ3) is 5.94. The number of nitrogens with zero attached hydrogens (tertiary/aromatic N) is 1. The fourth-order valence-electron chi connectivity index (χ4n) is 3.75. The Kier molecular flexibility index (Phi) is 7.85. The maximum absolute atomic E-state index is 13.0. The van der Waals surface area contributed by atoms with Gasteiger partial charge in [0.1, 0.15) is 6.04 Å². The lowest BCUT2D eigenvalue weighted by atomic mass is 9.88. The standard InChI is InChI=1S/C24H31N3O3S/c1-4-17(3)25-23(29)21(26-22(28)19-9-7-16(2)8-10-19)18-11-13-27(14-12-18)24(30)20-6-5-15-31-20/h5-10,15,17-18,21H,4,11-14H2,1-3H3,(H,25,29)(H,26,28)/t17-,21+/m1/s1. The van der Waals surface area contributed by atoms with Crippen LogP contribution < -0.4 is 10.6 Å². The molecule has 2 atom stereocenters. The molecule has 7 heteroatoms. The van der Waals surface area contributed by atoms with Crippen molar-refractivity contribution in [3.63, 3.8) is 0 Å². The van der Waals surface area contributed by atoms with Gasteiger partial charge in [0.2, 0.25) is 5.91 Å². The molecule has 0 unspecified atom stereocenters. The molecular formula is C24H31N3O3S. The summed E-state index contributed by atoms with van der Waals surface area (Å²) in [5, 5.41) is 7.89. The van der Waals surface area contributed by atoms with E-state index in [1.54, 1.807) is 12.1 Å². The van der Waals surface area contributed by atoms with Gasteiger partial charge in [-0.3, -0.25) is 14.4 Å². The van der Waals surface area contributed by atoms with Crippen LogP contribution in [0.1, 0.15) is 58.7 Å². The first kappa shape index (κ1) is 23.0. The van der Waals surface area contributed by atoms with Crippen LogP contribution in [0.5, 0.6) is 0 Å². The van der Waals surface area contributed by atoms with Crippen molar-refractivity contribution in [2.24, 2.45) is 5.92 Å². The Bertz CT molecular complexity index is 887. The summed E-state index contributed by atoms with van der Waals surface area (Å²) >= 11 is 1.44. The summed E-state index contributed by atoms with van der Waals surface area (Å²) in [7, 11) is 0. The summed E-state index contributed by atoms with van der Waals surface area (Å²) in [6.07, 6.45) is 2.16. The van der Waals surface area contributed by atoms with Crippen LogP contribution in [0, 0.1) is 12.8 Å². The number of carbonyl (C=O) groups excluding carboxylic acids is 3. The van der Waals surface area contributed by atoms with E-state index in [1.165, 1.54) is 11.3 Å². The lowest BCUT2D eigenvalue weighted by Crippen LogP contribution is -2.55. The molecule has 0 spiro atoms. The number of aryl methyl sites for hydroxylation is 1. The Hall–Kier alpha value is -2.67. The van der Waals surface area contributed by atoms with Gasteiger partial charge in [-0.05, 0) is 62.6 Å². The second-order valence-corrected chi connectivity index (χ2v) is 9.19. The fourth-order valence-corrected chi connectivity index (χ4v) is 4.44. The molecule has 0 bridgehead atoms. The minimum Gasteiger partial charge on any atom is -0.352 e. The molecule has 1 aliphatic heterocycles. The molecule has 1 aliphatic rings. The molecule has 0 aliphatic carbocycles. The van der Waals surface area contributed by atoms with Crippen molar-refractivity contribution in [2.75, 3.05) is 13.1 Å². The first-order chi connectivity index (χ1) is 14.9. The van der Waals surface area contributed by atoms with Crippen molar-refractivity contribution in [3.8, 4) is 0 Å². The molecule has 1 saturated heterocycles. The quantitative estimate of drug-likeness (QED) is 0.689. The van der Waals surface area contributed by atoms with Gasteiger partial charge >= 0.3 is 0 Å². The van der Waals surface area contributed by atoms with Crippen LogP contribution in [0.15, 0.2) is 41.8 Å². The molecule has 0 radical (unpaired) electrons. The summed E-state index contributed by atoms with van der Waals surface area (Å²) < 4.78 is 0. The van der Waals surface area contributed by atoms with Gasteiger partial charge in [0, 0.05) is 24.7 Å². The van der Waals surface area contributed by atoms with Crippen molar-refractivity contribution in [1.82, 2.24) is 15.5 Å². The van der Waals surface area contributed by atoms with Gasteiger partial charge in [-0.25, -0.2) is 0 Å². The highest BCUT2D eigenvalue weighted by atomic mass is 32.1. The van der Waals surface area contributed by atoms with Crippen LogP contribution in [0.3, 0.4) is 0 Å². The van der Waals surface area contributed by atoms with E-state index in [2.05, 4.69) is 10.6 Å². The average Bonchev–Trinajstić information content (AvgIpc) is 3.32. The van der Waals surface area contributed by atoms with E-state index in [4.69, 9.17) is 0 Å². The van der Waals surface area contributed by atoms with Gasteiger partial charge in [-0.1, -0.05) is 30.7 Å². The summed E-state index contributed by atoms with van der Waals surface area (Å²) in [5.41, 5.74) is 1.61. The Morgan fingerprint density at radius 3 is 2.35 bits per heavy atom. The van der Waals surface area contributed by atoms with Crippen molar-refractivity contribution in [1.29, 1.82) is 0 Å². The zero-order chi connectivity index (χ0) is 22.4. The zero-order valence-electron chi connectivity index (χ0n) is 18.4. The number of amides is 3. The molecule has 3 rings (SSSR count). The molecule has 2 aromatic rings. The molecule has 1 fully saturated rings. The Balaban J connectivity index is 1.69. The highest BCUT2D eigenvalue weighted by Gasteiger charge is 2.34. The molecule has 1 aromatic carbocycles. The van der Waals surface area contributed by atoms with E-state index in [-0.39, 0.29) is 29.7 Å². The molecular weight excluding hydrogens is 410 g/mol. The smallest absolute Gasteiger partial charge is 0.263 e. The monoisotopic (exact) mass is 441 g/mol. The third-order valence-electron chi connectivity index (χ3n) is 5.91. The van der Waals surface area contributed by atoms with Crippen LogP contribution in [-0.4, -0.2) is 47.8 Å². The average molecular weight is 442 g/mol. The normalized spacial score (nSPS) is 16.4. The van der Waals surface area contributed by atoms with Crippen molar-refractivity contribution in [2.45, 2.75) is 52.1 Å². The van der Waals surface area contributed by atoms with Crippen LogP contribution in [0.25, 0.3) is 0 Å². The van der Waals surface area contributed by atoms with Gasteiger partial charge in [0.15, 0.2) is 0 Å². The number of benzene rings is 1.